The first kappa shape index (κ1) is 20.2. The summed E-state index contributed by atoms with van der Waals surface area (Å²) in [4.78, 5) is 30.0. The molecule has 2 amide bonds. The van der Waals surface area contributed by atoms with Gasteiger partial charge >= 0.3 is 0 Å². The summed E-state index contributed by atoms with van der Waals surface area (Å²) < 4.78 is 0. The highest BCUT2D eigenvalue weighted by Crippen LogP contribution is 2.25. The van der Waals surface area contributed by atoms with Crippen LogP contribution in [0.1, 0.15) is 43.0 Å². The number of thiophene rings is 1. The van der Waals surface area contributed by atoms with Gasteiger partial charge in [-0.3, -0.25) is 9.59 Å². The highest BCUT2D eigenvalue weighted by atomic mass is 35.5. The van der Waals surface area contributed by atoms with Crippen LogP contribution in [0.15, 0.2) is 11.4 Å². The molecule has 1 fully saturated rings. The first-order chi connectivity index (χ1) is 11.5. The third kappa shape index (κ3) is 4.96. The maximum absolute atomic E-state index is 12.4. The highest BCUT2D eigenvalue weighted by molar-refractivity contribution is 7.10. The van der Waals surface area contributed by atoms with E-state index < -0.39 is 0 Å². The number of fused-ring (bicyclic) bond motifs is 1. The topological polar surface area (TPSA) is 66.6 Å². The van der Waals surface area contributed by atoms with Gasteiger partial charge in [-0.05, 0) is 49.1 Å². The molecule has 2 unspecified atom stereocenters. The number of carbonyl (C=O) groups excluding carboxylic acids is 2. The molecule has 7 heteroatoms. The number of rotatable bonds is 4. The van der Waals surface area contributed by atoms with Crippen molar-refractivity contribution < 1.29 is 9.59 Å². The molecule has 0 bridgehead atoms. The Bertz CT molecular complexity index is 605. The fourth-order valence-corrected chi connectivity index (χ4v) is 4.55. The Kier molecular flexibility index (Phi) is 7.28. The van der Waals surface area contributed by atoms with Crippen LogP contribution >= 0.6 is 23.7 Å². The highest BCUT2D eigenvalue weighted by Gasteiger charge is 2.27. The number of likely N-dealkylation sites (tertiary alicyclic amines) is 1. The summed E-state index contributed by atoms with van der Waals surface area (Å²) in [5.41, 5.74) is 7.25. The van der Waals surface area contributed by atoms with E-state index in [1.54, 1.807) is 11.3 Å². The summed E-state index contributed by atoms with van der Waals surface area (Å²) in [5, 5.41) is 2.09. The first-order valence-corrected chi connectivity index (χ1v) is 9.79. The molecule has 1 aromatic rings. The summed E-state index contributed by atoms with van der Waals surface area (Å²) >= 11 is 1.77. The predicted molar refractivity (Wildman–Crippen MR) is 103 cm³/mol. The Morgan fingerprint density at radius 1 is 1.28 bits per heavy atom. The fraction of sp³-hybridized carbons (Fsp3) is 0.667. The second-order valence-electron chi connectivity index (χ2n) is 7.04. The molecule has 0 spiro atoms. The molecule has 2 atom stereocenters. The fourth-order valence-electron chi connectivity index (χ4n) is 3.66. The van der Waals surface area contributed by atoms with Crippen LogP contribution in [0.4, 0.5) is 0 Å². The van der Waals surface area contributed by atoms with Gasteiger partial charge < -0.3 is 15.5 Å². The number of halogens is 1. The van der Waals surface area contributed by atoms with Gasteiger partial charge in [0.15, 0.2) is 0 Å². The van der Waals surface area contributed by atoms with Crippen LogP contribution in [-0.4, -0.2) is 47.3 Å². The summed E-state index contributed by atoms with van der Waals surface area (Å²) in [6.45, 7) is 5.03. The van der Waals surface area contributed by atoms with Crippen molar-refractivity contribution in [2.24, 2.45) is 11.7 Å². The van der Waals surface area contributed by atoms with Crippen molar-refractivity contribution in [3.05, 3.63) is 21.9 Å². The van der Waals surface area contributed by atoms with E-state index >= 15 is 0 Å². The Hall–Kier alpha value is -1.11. The molecule has 1 aromatic heterocycles. The minimum Gasteiger partial charge on any atom is -0.342 e. The number of hydrogen-bond acceptors (Lipinski definition) is 4. The smallest absolute Gasteiger partial charge is 0.223 e. The van der Waals surface area contributed by atoms with E-state index in [1.165, 1.54) is 10.4 Å². The number of amides is 2. The van der Waals surface area contributed by atoms with Crippen molar-refractivity contribution in [2.75, 3.05) is 19.6 Å². The van der Waals surface area contributed by atoms with Gasteiger partial charge in [-0.25, -0.2) is 0 Å². The quantitative estimate of drug-likeness (QED) is 0.865. The lowest BCUT2D eigenvalue weighted by molar-refractivity contribution is -0.138. The monoisotopic (exact) mass is 385 g/mol. The van der Waals surface area contributed by atoms with Gasteiger partial charge in [0, 0.05) is 49.9 Å². The molecule has 0 aromatic carbocycles. The van der Waals surface area contributed by atoms with Crippen LogP contribution in [0, 0.1) is 5.92 Å². The Morgan fingerprint density at radius 2 is 2.00 bits per heavy atom. The van der Waals surface area contributed by atoms with E-state index in [4.69, 9.17) is 5.73 Å². The Labute approximate surface area is 160 Å². The van der Waals surface area contributed by atoms with Crippen LogP contribution in [0.2, 0.25) is 0 Å². The van der Waals surface area contributed by atoms with Crippen LogP contribution in [0.5, 0.6) is 0 Å². The van der Waals surface area contributed by atoms with Crippen molar-refractivity contribution >= 4 is 35.6 Å². The molecule has 2 aliphatic heterocycles. The maximum atomic E-state index is 12.4. The van der Waals surface area contributed by atoms with Gasteiger partial charge in [0.1, 0.15) is 0 Å². The molecule has 140 valence electrons. The van der Waals surface area contributed by atoms with Crippen LogP contribution in [0.25, 0.3) is 0 Å². The second kappa shape index (κ2) is 9.01. The number of hydrogen-bond donors (Lipinski definition) is 1. The Morgan fingerprint density at radius 3 is 2.72 bits per heavy atom. The molecule has 25 heavy (non-hydrogen) atoms. The average molecular weight is 386 g/mol. The SMILES string of the molecule is CC(N)C1CCCN(C(=O)CCC(=O)N2CCc3sccc3C2)C1.Cl. The predicted octanol–water partition coefficient (Wildman–Crippen LogP) is 2.42. The van der Waals surface area contributed by atoms with E-state index in [9.17, 15) is 9.59 Å². The first-order valence-electron chi connectivity index (χ1n) is 8.91. The van der Waals surface area contributed by atoms with Gasteiger partial charge in [0.25, 0.3) is 0 Å². The third-order valence-electron chi connectivity index (χ3n) is 5.27. The third-order valence-corrected chi connectivity index (χ3v) is 6.29. The molecule has 0 saturated carbocycles. The molecule has 0 radical (unpaired) electrons. The number of piperidine rings is 1. The van der Waals surface area contributed by atoms with E-state index in [2.05, 4.69) is 11.4 Å². The molecular weight excluding hydrogens is 358 g/mol. The van der Waals surface area contributed by atoms with Gasteiger partial charge in [-0.1, -0.05) is 0 Å². The molecule has 3 heterocycles. The van der Waals surface area contributed by atoms with E-state index in [0.29, 0.717) is 25.3 Å². The van der Waals surface area contributed by atoms with Crippen molar-refractivity contribution in [1.82, 2.24) is 9.80 Å². The van der Waals surface area contributed by atoms with Crippen molar-refractivity contribution in [1.29, 1.82) is 0 Å². The van der Waals surface area contributed by atoms with Crippen molar-refractivity contribution in [3.8, 4) is 0 Å². The van der Waals surface area contributed by atoms with Crippen LogP contribution in [0.3, 0.4) is 0 Å². The van der Waals surface area contributed by atoms with Crippen molar-refractivity contribution in [3.63, 3.8) is 0 Å². The summed E-state index contributed by atoms with van der Waals surface area (Å²) in [7, 11) is 0. The van der Waals surface area contributed by atoms with E-state index in [1.807, 2.05) is 16.7 Å². The normalized spacial score (nSPS) is 21.3. The van der Waals surface area contributed by atoms with Gasteiger partial charge in [-0.2, -0.15) is 0 Å². The minimum atomic E-state index is 0. The zero-order valence-electron chi connectivity index (χ0n) is 14.8. The second-order valence-corrected chi connectivity index (χ2v) is 8.04. The molecule has 5 nitrogen and oxygen atoms in total. The van der Waals surface area contributed by atoms with Gasteiger partial charge in [-0.15, -0.1) is 23.7 Å². The van der Waals surface area contributed by atoms with Crippen molar-refractivity contribution in [2.45, 2.75) is 51.6 Å². The molecule has 1 saturated heterocycles. The van der Waals surface area contributed by atoms with Gasteiger partial charge in [0.2, 0.25) is 11.8 Å². The van der Waals surface area contributed by atoms with Gasteiger partial charge in [0.05, 0.1) is 0 Å². The lowest BCUT2D eigenvalue weighted by Gasteiger charge is -2.35. The summed E-state index contributed by atoms with van der Waals surface area (Å²) in [5.74, 6) is 0.584. The average Bonchev–Trinajstić information content (AvgIpc) is 3.07. The number of nitrogens with two attached hydrogens (primary N) is 1. The molecule has 2 N–H and O–H groups in total. The van der Waals surface area contributed by atoms with E-state index in [-0.39, 0.29) is 30.3 Å². The van der Waals surface area contributed by atoms with Crippen LogP contribution < -0.4 is 5.73 Å². The van der Waals surface area contributed by atoms with Crippen LogP contribution in [-0.2, 0) is 22.6 Å². The standard InChI is InChI=1S/C18H27N3O2S.ClH/c1-13(19)14-3-2-8-20(11-14)17(22)4-5-18(23)21-9-6-16-15(12-21)7-10-24-16;/h7,10,13-14H,2-6,8-9,11-12,19H2,1H3;1H. The zero-order valence-corrected chi connectivity index (χ0v) is 16.4. The number of carbonyl (C=O) groups is 2. The minimum absolute atomic E-state index is 0. The Balaban J connectivity index is 0.00000225. The zero-order chi connectivity index (χ0) is 17.1. The summed E-state index contributed by atoms with van der Waals surface area (Å²) in [6.07, 6.45) is 3.68. The lowest BCUT2D eigenvalue weighted by Crippen LogP contribution is -2.45. The molecule has 3 rings (SSSR count). The molecule has 0 aliphatic carbocycles. The molecular formula is C18H28ClN3O2S. The lowest BCUT2D eigenvalue weighted by atomic mass is 9.92. The maximum Gasteiger partial charge on any atom is 0.223 e. The summed E-state index contributed by atoms with van der Waals surface area (Å²) in [6, 6.07) is 2.22. The largest absolute Gasteiger partial charge is 0.342 e. The van der Waals surface area contributed by atoms with E-state index in [0.717, 1.165) is 38.9 Å². The number of nitrogens with zero attached hydrogens (tertiary/aromatic N) is 2. The molecule has 2 aliphatic rings.